The number of hydrazone groups is 1. The molecule has 4 nitrogen and oxygen atoms in total. The molecule has 3 rings (SSSR count). The molecule has 3 aromatic carbocycles. The second-order valence-corrected chi connectivity index (χ2v) is 5.91. The summed E-state index contributed by atoms with van der Waals surface area (Å²) in [7, 11) is 0. The van der Waals surface area contributed by atoms with E-state index in [-0.39, 0.29) is 12.3 Å². The Balaban J connectivity index is 1.92. The van der Waals surface area contributed by atoms with Gasteiger partial charge in [0.05, 0.1) is 12.3 Å². The zero-order valence-corrected chi connectivity index (χ0v) is 13.6. The van der Waals surface area contributed by atoms with Gasteiger partial charge >= 0.3 is 0 Å². The number of nitrogens with one attached hydrogen (secondary N) is 1. The molecular formula is C20H20N2O2. The molecule has 1 amide bonds. The number of hydrogen-bond donors (Lipinski definition) is 2. The summed E-state index contributed by atoms with van der Waals surface area (Å²) in [5.74, 6) is -0.198. The molecule has 0 aliphatic carbocycles. The third kappa shape index (κ3) is 3.60. The first kappa shape index (κ1) is 16.1. The monoisotopic (exact) mass is 320 g/mol. The van der Waals surface area contributed by atoms with Crippen molar-refractivity contribution in [1.29, 1.82) is 0 Å². The first-order chi connectivity index (χ1) is 11.6. The summed E-state index contributed by atoms with van der Waals surface area (Å²) in [5.41, 5.74) is 3.52. The highest BCUT2D eigenvalue weighted by atomic mass is 16.3. The van der Waals surface area contributed by atoms with Gasteiger partial charge in [-0.1, -0.05) is 48.5 Å². The van der Waals surface area contributed by atoms with Crippen LogP contribution in [0.3, 0.4) is 0 Å². The molecule has 0 radical (unpaired) electrons. The average molecular weight is 320 g/mol. The van der Waals surface area contributed by atoms with Crippen molar-refractivity contribution in [3.05, 3.63) is 60.2 Å². The maximum atomic E-state index is 11.7. The molecule has 1 unspecified atom stereocenters. The minimum atomic E-state index is -0.484. The van der Waals surface area contributed by atoms with Crippen LogP contribution < -0.4 is 5.43 Å². The van der Waals surface area contributed by atoms with Crippen LogP contribution in [-0.4, -0.2) is 23.3 Å². The summed E-state index contributed by atoms with van der Waals surface area (Å²) in [6.45, 7) is 1.67. The first-order valence-electron chi connectivity index (χ1n) is 8.05. The minimum absolute atomic E-state index is 0.198. The van der Waals surface area contributed by atoms with Crippen LogP contribution in [0.15, 0.2) is 59.7 Å². The number of carbonyl (C=O) groups is 1. The van der Waals surface area contributed by atoms with Crippen LogP contribution in [0.25, 0.3) is 21.5 Å². The predicted octanol–water partition coefficient (Wildman–Crippen LogP) is 3.60. The third-order valence-electron chi connectivity index (χ3n) is 3.99. The van der Waals surface area contributed by atoms with Gasteiger partial charge in [0.1, 0.15) is 0 Å². The Kier molecular flexibility index (Phi) is 4.87. The Morgan fingerprint density at radius 1 is 1.12 bits per heavy atom. The summed E-state index contributed by atoms with van der Waals surface area (Å²) in [4.78, 5) is 11.7. The lowest BCUT2D eigenvalue weighted by atomic mass is 9.97. The summed E-state index contributed by atoms with van der Waals surface area (Å²) in [6.07, 6.45) is 1.90. The largest absolute Gasteiger partial charge is 0.393 e. The molecular weight excluding hydrogens is 300 g/mol. The number of benzene rings is 3. The van der Waals surface area contributed by atoms with Crippen LogP contribution in [-0.2, 0) is 4.79 Å². The maximum Gasteiger partial charge on any atom is 0.240 e. The molecule has 0 aliphatic heterocycles. The van der Waals surface area contributed by atoms with Crippen molar-refractivity contribution in [2.45, 2.75) is 25.9 Å². The Morgan fingerprint density at radius 3 is 2.29 bits per heavy atom. The van der Waals surface area contributed by atoms with E-state index in [1.807, 2.05) is 24.3 Å². The number of amides is 1. The molecule has 0 fully saturated rings. The van der Waals surface area contributed by atoms with E-state index in [4.69, 9.17) is 0 Å². The fourth-order valence-electron chi connectivity index (χ4n) is 2.75. The van der Waals surface area contributed by atoms with Gasteiger partial charge in [-0.15, -0.1) is 0 Å². The van der Waals surface area contributed by atoms with Crippen molar-refractivity contribution >= 4 is 33.7 Å². The van der Waals surface area contributed by atoms with Crippen molar-refractivity contribution in [1.82, 2.24) is 5.43 Å². The highest BCUT2D eigenvalue weighted by Gasteiger charge is 2.06. The smallest absolute Gasteiger partial charge is 0.240 e. The summed E-state index contributed by atoms with van der Waals surface area (Å²) in [5, 5.41) is 17.8. The van der Waals surface area contributed by atoms with Gasteiger partial charge in [-0.2, -0.15) is 5.10 Å². The predicted molar refractivity (Wildman–Crippen MR) is 98.1 cm³/mol. The molecule has 0 saturated heterocycles. The molecule has 0 saturated carbocycles. The van der Waals surface area contributed by atoms with Crippen LogP contribution >= 0.6 is 0 Å². The standard InChI is InChI=1S/C20H20N2O2/c1-14(23)10-11-20(24)22-21-13-19-17-8-4-2-6-15(17)12-16-7-3-5-9-18(16)19/h2-9,12-14,23H,10-11H2,1H3,(H,22,24)/b21-13+. The second-order valence-electron chi connectivity index (χ2n) is 5.91. The molecule has 4 heteroatoms. The lowest BCUT2D eigenvalue weighted by Crippen LogP contribution is -2.18. The van der Waals surface area contributed by atoms with Gasteiger partial charge in [-0.3, -0.25) is 4.79 Å². The molecule has 2 N–H and O–H groups in total. The van der Waals surface area contributed by atoms with Crippen LogP contribution in [0, 0.1) is 0 Å². The van der Waals surface area contributed by atoms with E-state index in [0.717, 1.165) is 27.1 Å². The summed E-state index contributed by atoms with van der Waals surface area (Å²) < 4.78 is 0. The number of hydrogen-bond acceptors (Lipinski definition) is 3. The number of rotatable bonds is 5. The van der Waals surface area contributed by atoms with Crippen LogP contribution in [0.2, 0.25) is 0 Å². The Bertz CT molecular complexity index is 846. The molecule has 3 aromatic rings. The second kappa shape index (κ2) is 7.23. The molecule has 122 valence electrons. The van der Waals surface area contributed by atoms with Crippen LogP contribution in [0.1, 0.15) is 25.3 Å². The fourth-order valence-corrected chi connectivity index (χ4v) is 2.75. The van der Waals surface area contributed by atoms with Crippen molar-refractivity contribution < 1.29 is 9.90 Å². The molecule has 1 atom stereocenters. The molecule has 0 aliphatic rings. The zero-order valence-electron chi connectivity index (χ0n) is 13.6. The SMILES string of the molecule is CC(O)CCC(=O)N/N=C/c1c2ccccc2cc2ccccc12. The van der Waals surface area contributed by atoms with E-state index in [9.17, 15) is 9.90 Å². The van der Waals surface area contributed by atoms with E-state index in [1.54, 1.807) is 13.1 Å². The Morgan fingerprint density at radius 2 is 1.71 bits per heavy atom. The lowest BCUT2D eigenvalue weighted by Gasteiger charge is -2.08. The third-order valence-corrected chi connectivity index (χ3v) is 3.99. The van der Waals surface area contributed by atoms with Gasteiger partial charge in [0.15, 0.2) is 0 Å². The van der Waals surface area contributed by atoms with Gasteiger partial charge in [-0.05, 0) is 41.0 Å². The number of aliphatic hydroxyl groups excluding tert-OH is 1. The number of carbonyl (C=O) groups excluding carboxylic acids is 1. The zero-order chi connectivity index (χ0) is 16.9. The highest BCUT2D eigenvalue weighted by molar-refractivity contribution is 6.13. The number of nitrogens with zero attached hydrogens (tertiary/aromatic N) is 1. The van der Waals surface area contributed by atoms with E-state index in [2.05, 4.69) is 40.9 Å². The first-order valence-corrected chi connectivity index (χ1v) is 8.05. The molecule has 0 heterocycles. The number of aliphatic hydroxyl groups is 1. The summed E-state index contributed by atoms with van der Waals surface area (Å²) >= 11 is 0. The summed E-state index contributed by atoms with van der Waals surface area (Å²) in [6, 6.07) is 18.4. The highest BCUT2D eigenvalue weighted by Crippen LogP contribution is 2.27. The van der Waals surface area contributed by atoms with Crippen molar-refractivity contribution in [2.75, 3.05) is 0 Å². The molecule has 0 aromatic heterocycles. The van der Waals surface area contributed by atoms with Gasteiger partial charge in [0.25, 0.3) is 0 Å². The van der Waals surface area contributed by atoms with Crippen molar-refractivity contribution in [3.63, 3.8) is 0 Å². The van der Waals surface area contributed by atoms with E-state index in [1.165, 1.54) is 0 Å². The normalized spacial score (nSPS) is 12.8. The lowest BCUT2D eigenvalue weighted by molar-refractivity contribution is -0.121. The van der Waals surface area contributed by atoms with Gasteiger partial charge in [0, 0.05) is 12.0 Å². The van der Waals surface area contributed by atoms with Crippen LogP contribution in [0.5, 0.6) is 0 Å². The van der Waals surface area contributed by atoms with Gasteiger partial charge in [0.2, 0.25) is 5.91 Å². The minimum Gasteiger partial charge on any atom is -0.393 e. The van der Waals surface area contributed by atoms with Crippen LogP contribution in [0.4, 0.5) is 0 Å². The Hall–Kier alpha value is -2.72. The van der Waals surface area contributed by atoms with E-state index < -0.39 is 6.10 Å². The van der Waals surface area contributed by atoms with Gasteiger partial charge in [-0.25, -0.2) is 5.43 Å². The molecule has 0 spiro atoms. The van der Waals surface area contributed by atoms with Gasteiger partial charge < -0.3 is 5.11 Å². The topological polar surface area (TPSA) is 61.7 Å². The van der Waals surface area contributed by atoms with E-state index in [0.29, 0.717) is 6.42 Å². The average Bonchev–Trinajstić information content (AvgIpc) is 2.59. The Labute approximate surface area is 140 Å². The molecule has 24 heavy (non-hydrogen) atoms. The fraction of sp³-hybridized carbons (Fsp3) is 0.200. The van der Waals surface area contributed by atoms with Crippen molar-refractivity contribution in [2.24, 2.45) is 5.10 Å². The quantitative estimate of drug-likeness (QED) is 0.428. The maximum absolute atomic E-state index is 11.7. The molecule has 0 bridgehead atoms. The van der Waals surface area contributed by atoms with Crippen molar-refractivity contribution in [3.8, 4) is 0 Å². The number of fused-ring (bicyclic) bond motifs is 2. The van der Waals surface area contributed by atoms with E-state index >= 15 is 0 Å².